The van der Waals surface area contributed by atoms with Crippen LogP contribution in [0.4, 0.5) is 0 Å². The first kappa shape index (κ1) is 11.1. The first-order chi connectivity index (χ1) is 7.68. The molecule has 0 saturated heterocycles. The number of benzene rings is 1. The van der Waals surface area contributed by atoms with E-state index < -0.39 is 0 Å². The maximum Gasteiger partial charge on any atom is 0.161 e. The van der Waals surface area contributed by atoms with Crippen LogP contribution in [0, 0.1) is 5.92 Å². The van der Waals surface area contributed by atoms with Crippen LogP contribution in [0.2, 0.25) is 0 Å². The molecule has 0 fully saturated rings. The van der Waals surface area contributed by atoms with E-state index in [2.05, 4.69) is 24.3 Å². The second-order valence-electron chi connectivity index (χ2n) is 4.68. The van der Waals surface area contributed by atoms with Gasteiger partial charge in [0, 0.05) is 5.92 Å². The number of carbonyl (C=O) groups excluding carboxylic acids is 1. The van der Waals surface area contributed by atoms with Crippen molar-refractivity contribution in [2.45, 2.75) is 33.1 Å². The van der Waals surface area contributed by atoms with Crippen molar-refractivity contribution in [3.05, 3.63) is 47.0 Å². The fourth-order valence-electron chi connectivity index (χ4n) is 2.39. The van der Waals surface area contributed by atoms with Crippen LogP contribution in [0.1, 0.15) is 32.3 Å². The van der Waals surface area contributed by atoms with Gasteiger partial charge in [0.2, 0.25) is 0 Å². The Balaban J connectivity index is 2.00. The highest BCUT2D eigenvalue weighted by Crippen LogP contribution is 2.30. The normalized spacial score (nSPS) is 20.6. The Morgan fingerprint density at radius 1 is 1.19 bits per heavy atom. The molecule has 0 aromatic heterocycles. The van der Waals surface area contributed by atoms with Crippen LogP contribution in [0.15, 0.2) is 41.5 Å². The third-order valence-electron chi connectivity index (χ3n) is 3.46. The highest BCUT2D eigenvalue weighted by atomic mass is 16.1. The Morgan fingerprint density at radius 2 is 1.88 bits per heavy atom. The summed E-state index contributed by atoms with van der Waals surface area (Å²) in [4.78, 5) is 11.7. The quantitative estimate of drug-likeness (QED) is 0.752. The van der Waals surface area contributed by atoms with E-state index in [-0.39, 0.29) is 5.92 Å². The Labute approximate surface area is 97.2 Å². The summed E-state index contributed by atoms with van der Waals surface area (Å²) in [6.07, 6.45) is 3.05. The average Bonchev–Trinajstić information content (AvgIpc) is 2.56. The van der Waals surface area contributed by atoms with E-state index in [1.54, 1.807) is 0 Å². The minimum atomic E-state index is 0.214. The maximum absolute atomic E-state index is 11.7. The zero-order valence-electron chi connectivity index (χ0n) is 9.99. The molecule has 1 aliphatic rings. The highest BCUT2D eigenvalue weighted by Gasteiger charge is 2.25. The van der Waals surface area contributed by atoms with Crippen molar-refractivity contribution in [1.82, 2.24) is 0 Å². The van der Waals surface area contributed by atoms with E-state index in [1.165, 1.54) is 11.1 Å². The molecule has 0 spiro atoms. The topological polar surface area (TPSA) is 17.1 Å². The number of hydrogen-bond donors (Lipinski definition) is 0. The van der Waals surface area contributed by atoms with Gasteiger partial charge >= 0.3 is 0 Å². The number of hydrogen-bond acceptors (Lipinski definition) is 1. The number of carbonyl (C=O) groups is 1. The molecule has 0 bridgehead atoms. The van der Waals surface area contributed by atoms with Gasteiger partial charge in [-0.2, -0.15) is 0 Å². The van der Waals surface area contributed by atoms with Crippen LogP contribution in [-0.2, 0) is 11.2 Å². The SMILES string of the molecule is CC1=C(CCc2ccccc2)CC(C)C1=O. The van der Waals surface area contributed by atoms with Gasteiger partial charge in [-0.1, -0.05) is 42.8 Å². The molecule has 0 saturated carbocycles. The van der Waals surface area contributed by atoms with Gasteiger partial charge in [0.05, 0.1) is 0 Å². The minimum absolute atomic E-state index is 0.214. The van der Waals surface area contributed by atoms with E-state index in [9.17, 15) is 4.79 Å². The van der Waals surface area contributed by atoms with Crippen LogP contribution in [0.3, 0.4) is 0 Å². The summed E-state index contributed by atoms with van der Waals surface area (Å²) in [5, 5.41) is 0. The molecule has 0 radical (unpaired) electrons. The third kappa shape index (κ3) is 2.24. The fraction of sp³-hybridized carbons (Fsp3) is 0.400. The third-order valence-corrected chi connectivity index (χ3v) is 3.46. The van der Waals surface area contributed by atoms with Gasteiger partial charge in [-0.3, -0.25) is 4.79 Å². The lowest BCUT2D eigenvalue weighted by molar-refractivity contribution is -0.117. The van der Waals surface area contributed by atoms with Gasteiger partial charge in [0.15, 0.2) is 5.78 Å². The van der Waals surface area contributed by atoms with Crippen LogP contribution in [-0.4, -0.2) is 5.78 Å². The minimum Gasteiger partial charge on any atom is -0.294 e. The molecule has 0 amide bonds. The summed E-state index contributed by atoms with van der Waals surface area (Å²) < 4.78 is 0. The molecule has 0 aliphatic heterocycles. The molecule has 1 unspecified atom stereocenters. The summed E-state index contributed by atoms with van der Waals surface area (Å²) in [6.45, 7) is 4.01. The Morgan fingerprint density at radius 3 is 2.44 bits per heavy atom. The lowest BCUT2D eigenvalue weighted by Gasteiger charge is -2.04. The van der Waals surface area contributed by atoms with Crippen molar-refractivity contribution in [2.75, 3.05) is 0 Å². The smallest absolute Gasteiger partial charge is 0.161 e. The second kappa shape index (κ2) is 4.65. The van der Waals surface area contributed by atoms with Crippen LogP contribution < -0.4 is 0 Å². The zero-order valence-corrected chi connectivity index (χ0v) is 9.99. The molecule has 0 heterocycles. The molecule has 84 valence electrons. The molecule has 1 aromatic rings. The van der Waals surface area contributed by atoms with Crippen molar-refractivity contribution >= 4 is 5.78 Å². The first-order valence-electron chi connectivity index (χ1n) is 5.95. The molecule has 1 atom stereocenters. The summed E-state index contributed by atoms with van der Waals surface area (Å²) in [5.41, 5.74) is 3.74. The van der Waals surface area contributed by atoms with Crippen molar-refractivity contribution in [1.29, 1.82) is 0 Å². The van der Waals surface area contributed by atoms with Crippen molar-refractivity contribution in [3.63, 3.8) is 0 Å². The lowest BCUT2D eigenvalue weighted by Crippen LogP contribution is -2.03. The molecular formula is C15H18O. The molecular weight excluding hydrogens is 196 g/mol. The van der Waals surface area contributed by atoms with Crippen molar-refractivity contribution < 1.29 is 4.79 Å². The molecule has 1 heteroatoms. The van der Waals surface area contributed by atoms with E-state index in [0.717, 1.165) is 24.8 Å². The van der Waals surface area contributed by atoms with Gasteiger partial charge in [-0.15, -0.1) is 0 Å². The van der Waals surface area contributed by atoms with Gasteiger partial charge < -0.3 is 0 Å². The Hall–Kier alpha value is -1.37. The molecule has 1 aromatic carbocycles. The number of aryl methyl sites for hydroxylation is 1. The van der Waals surface area contributed by atoms with Gasteiger partial charge in [0.1, 0.15) is 0 Å². The van der Waals surface area contributed by atoms with E-state index >= 15 is 0 Å². The molecule has 1 aliphatic carbocycles. The largest absolute Gasteiger partial charge is 0.294 e. The van der Waals surface area contributed by atoms with Gasteiger partial charge in [-0.25, -0.2) is 0 Å². The number of ketones is 1. The monoisotopic (exact) mass is 214 g/mol. The first-order valence-corrected chi connectivity index (χ1v) is 5.95. The maximum atomic E-state index is 11.7. The fourth-order valence-corrected chi connectivity index (χ4v) is 2.39. The lowest BCUT2D eigenvalue weighted by atomic mass is 10.0. The van der Waals surface area contributed by atoms with Gasteiger partial charge in [0.25, 0.3) is 0 Å². The number of Topliss-reactive ketones (excluding diaryl/α,β-unsaturated/α-hetero) is 1. The second-order valence-corrected chi connectivity index (χ2v) is 4.68. The van der Waals surface area contributed by atoms with Crippen LogP contribution in [0.25, 0.3) is 0 Å². The van der Waals surface area contributed by atoms with E-state index in [4.69, 9.17) is 0 Å². The summed E-state index contributed by atoms with van der Waals surface area (Å²) >= 11 is 0. The molecule has 16 heavy (non-hydrogen) atoms. The van der Waals surface area contributed by atoms with Crippen LogP contribution in [0.5, 0.6) is 0 Å². The van der Waals surface area contributed by atoms with E-state index in [0.29, 0.717) is 5.78 Å². The summed E-state index contributed by atoms with van der Waals surface area (Å²) in [6, 6.07) is 10.5. The highest BCUT2D eigenvalue weighted by molar-refractivity contribution is 5.99. The summed E-state index contributed by atoms with van der Waals surface area (Å²) in [5.74, 6) is 0.564. The molecule has 0 N–H and O–H groups in total. The Kier molecular flexibility index (Phi) is 3.23. The number of allylic oxidation sites excluding steroid dienone is 2. The van der Waals surface area contributed by atoms with E-state index in [1.807, 2.05) is 19.9 Å². The van der Waals surface area contributed by atoms with Crippen molar-refractivity contribution in [3.8, 4) is 0 Å². The average molecular weight is 214 g/mol. The predicted octanol–water partition coefficient (Wildman–Crippen LogP) is 3.54. The molecule has 1 nitrogen and oxygen atoms in total. The standard InChI is InChI=1S/C15H18O/c1-11-10-14(12(2)15(11)16)9-8-13-6-4-3-5-7-13/h3-7,11H,8-10H2,1-2H3. The van der Waals surface area contributed by atoms with Crippen LogP contribution >= 0.6 is 0 Å². The predicted molar refractivity (Wildman–Crippen MR) is 66.3 cm³/mol. The summed E-state index contributed by atoms with van der Waals surface area (Å²) in [7, 11) is 0. The molecule has 2 rings (SSSR count). The zero-order chi connectivity index (χ0) is 11.5. The van der Waals surface area contributed by atoms with Crippen molar-refractivity contribution in [2.24, 2.45) is 5.92 Å². The van der Waals surface area contributed by atoms with Gasteiger partial charge in [-0.05, 0) is 37.3 Å². The number of rotatable bonds is 3. The Bertz CT molecular complexity index is 414.